The summed E-state index contributed by atoms with van der Waals surface area (Å²) in [6.07, 6.45) is 3.62. The van der Waals surface area contributed by atoms with Gasteiger partial charge >= 0.3 is 0 Å². The third kappa shape index (κ3) is 2.48. The molecule has 1 fully saturated rings. The molecule has 0 aliphatic carbocycles. The molecule has 1 unspecified atom stereocenters. The first-order valence-electron chi connectivity index (χ1n) is 7.01. The van der Waals surface area contributed by atoms with Gasteiger partial charge in [0.05, 0.1) is 4.47 Å². The van der Waals surface area contributed by atoms with E-state index in [4.69, 9.17) is 9.47 Å². The second-order valence-corrected chi connectivity index (χ2v) is 6.50. The van der Waals surface area contributed by atoms with Crippen LogP contribution in [0.2, 0.25) is 0 Å². The average Bonchev–Trinajstić information content (AvgIpc) is 2.99. The fourth-order valence-electron chi connectivity index (χ4n) is 3.10. The molecule has 3 rings (SSSR count). The highest BCUT2D eigenvalue weighted by atomic mass is 79.9. The summed E-state index contributed by atoms with van der Waals surface area (Å²) in [5, 5.41) is 3.57. The summed E-state index contributed by atoms with van der Waals surface area (Å²) < 4.78 is 12.3. The molecular weight excluding hydrogens is 306 g/mol. The molecule has 1 atom stereocenters. The Hall–Kier alpha value is -0.740. The average molecular weight is 326 g/mol. The van der Waals surface area contributed by atoms with Crippen LogP contribution in [0, 0.1) is 0 Å². The fraction of sp³-hybridized carbons (Fsp3) is 0.600. The van der Waals surface area contributed by atoms with Crippen molar-refractivity contribution in [1.82, 2.24) is 5.32 Å². The maximum absolute atomic E-state index is 5.70. The summed E-state index contributed by atoms with van der Waals surface area (Å²) in [6, 6.07) is 2.81. The topological polar surface area (TPSA) is 30.5 Å². The number of nitrogens with one attached hydrogen (secondary N) is 1. The maximum Gasteiger partial charge on any atom is 0.231 e. The minimum absolute atomic E-state index is 0.332. The van der Waals surface area contributed by atoms with Crippen molar-refractivity contribution in [2.45, 2.75) is 45.1 Å². The first kappa shape index (κ1) is 13.3. The monoisotopic (exact) mass is 325 g/mol. The Balaban J connectivity index is 1.99. The number of halogens is 1. The van der Waals surface area contributed by atoms with E-state index in [1.54, 1.807) is 0 Å². The summed E-state index contributed by atoms with van der Waals surface area (Å²) in [5.74, 6) is 2.25. The lowest BCUT2D eigenvalue weighted by atomic mass is 9.91. The zero-order valence-corrected chi connectivity index (χ0v) is 13.0. The lowest BCUT2D eigenvalue weighted by molar-refractivity contribution is 0.172. The Morgan fingerprint density at radius 1 is 1.37 bits per heavy atom. The van der Waals surface area contributed by atoms with E-state index in [0.29, 0.717) is 18.8 Å². The third-order valence-electron chi connectivity index (χ3n) is 3.93. The molecule has 0 saturated carbocycles. The Bertz CT molecular complexity index is 482. The zero-order chi connectivity index (χ0) is 13.4. The van der Waals surface area contributed by atoms with Gasteiger partial charge in [0, 0.05) is 11.6 Å². The SMILES string of the molecule is CC(C)c1c(CC2CCCN2)cc(Br)c2c1OCO2. The van der Waals surface area contributed by atoms with E-state index in [-0.39, 0.29) is 0 Å². The molecule has 4 heteroatoms. The molecule has 1 aromatic carbocycles. The minimum Gasteiger partial charge on any atom is -0.453 e. The molecule has 1 aromatic rings. The van der Waals surface area contributed by atoms with Gasteiger partial charge in [-0.25, -0.2) is 0 Å². The van der Waals surface area contributed by atoms with Gasteiger partial charge in [0.1, 0.15) is 0 Å². The molecule has 1 saturated heterocycles. The second-order valence-electron chi connectivity index (χ2n) is 5.65. The predicted octanol–water partition coefficient (Wildman–Crippen LogP) is 3.60. The van der Waals surface area contributed by atoms with Crippen LogP contribution in [0.1, 0.15) is 43.7 Å². The molecule has 2 heterocycles. The van der Waals surface area contributed by atoms with Crippen molar-refractivity contribution in [2.24, 2.45) is 0 Å². The fourth-order valence-corrected chi connectivity index (χ4v) is 3.67. The van der Waals surface area contributed by atoms with Crippen molar-refractivity contribution in [3.8, 4) is 11.5 Å². The molecule has 0 radical (unpaired) electrons. The Morgan fingerprint density at radius 3 is 2.84 bits per heavy atom. The molecule has 3 nitrogen and oxygen atoms in total. The van der Waals surface area contributed by atoms with Crippen molar-refractivity contribution in [1.29, 1.82) is 0 Å². The number of rotatable bonds is 3. The Morgan fingerprint density at radius 2 is 2.16 bits per heavy atom. The summed E-state index contributed by atoms with van der Waals surface area (Å²) in [4.78, 5) is 0. The van der Waals surface area contributed by atoms with Gasteiger partial charge in [-0.05, 0) is 59.3 Å². The van der Waals surface area contributed by atoms with E-state index < -0.39 is 0 Å². The van der Waals surface area contributed by atoms with E-state index >= 15 is 0 Å². The van der Waals surface area contributed by atoms with Gasteiger partial charge in [-0.15, -0.1) is 0 Å². The molecule has 104 valence electrons. The van der Waals surface area contributed by atoms with Gasteiger partial charge in [0.15, 0.2) is 11.5 Å². The number of benzene rings is 1. The van der Waals surface area contributed by atoms with E-state index in [1.165, 1.54) is 24.0 Å². The summed E-state index contributed by atoms with van der Waals surface area (Å²) in [7, 11) is 0. The van der Waals surface area contributed by atoms with Crippen LogP contribution < -0.4 is 14.8 Å². The third-order valence-corrected chi connectivity index (χ3v) is 4.52. The number of hydrogen-bond donors (Lipinski definition) is 1. The lowest BCUT2D eigenvalue weighted by Crippen LogP contribution is -2.24. The van der Waals surface area contributed by atoms with Crippen molar-refractivity contribution >= 4 is 15.9 Å². The van der Waals surface area contributed by atoms with Gasteiger partial charge in [0.25, 0.3) is 0 Å². The van der Waals surface area contributed by atoms with E-state index in [9.17, 15) is 0 Å². The summed E-state index contributed by atoms with van der Waals surface area (Å²) in [6.45, 7) is 5.92. The number of hydrogen-bond acceptors (Lipinski definition) is 3. The van der Waals surface area contributed by atoms with Crippen molar-refractivity contribution in [3.63, 3.8) is 0 Å². The zero-order valence-electron chi connectivity index (χ0n) is 11.5. The van der Waals surface area contributed by atoms with E-state index in [2.05, 4.69) is 41.2 Å². The van der Waals surface area contributed by atoms with Crippen LogP contribution in [0.25, 0.3) is 0 Å². The normalized spacial score (nSPS) is 21.4. The van der Waals surface area contributed by atoms with Gasteiger partial charge in [-0.1, -0.05) is 13.8 Å². The van der Waals surface area contributed by atoms with Crippen molar-refractivity contribution in [2.75, 3.05) is 13.3 Å². The van der Waals surface area contributed by atoms with Crippen LogP contribution in [0.4, 0.5) is 0 Å². The van der Waals surface area contributed by atoms with Crippen LogP contribution in [-0.4, -0.2) is 19.4 Å². The largest absolute Gasteiger partial charge is 0.453 e. The molecule has 0 aromatic heterocycles. The highest BCUT2D eigenvalue weighted by Gasteiger charge is 2.27. The van der Waals surface area contributed by atoms with Crippen LogP contribution >= 0.6 is 15.9 Å². The molecule has 1 N–H and O–H groups in total. The van der Waals surface area contributed by atoms with Crippen LogP contribution in [-0.2, 0) is 6.42 Å². The quantitative estimate of drug-likeness (QED) is 0.921. The molecule has 2 aliphatic rings. The first-order valence-corrected chi connectivity index (χ1v) is 7.80. The maximum atomic E-state index is 5.70. The van der Waals surface area contributed by atoms with Crippen LogP contribution in [0.3, 0.4) is 0 Å². The van der Waals surface area contributed by atoms with Crippen molar-refractivity contribution < 1.29 is 9.47 Å². The molecule has 2 aliphatic heterocycles. The predicted molar refractivity (Wildman–Crippen MR) is 79.1 cm³/mol. The van der Waals surface area contributed by atoms with Gasteiger partial charge in [-0.3, -0.25) is 0 Å². The molecule has 0 amide bonds. The number of fused-ring (bicyclic) bond motifs is 1. The van der Waals surface area contributed by atoms with Crippen molar-refractivity contribution in [3.05, 3.63) is 21.7 Å². The Labute approximate surface area is 122 Å². The smallest absolute Gasteiger partial charge is 0.231 e. The summed E-state index contributed by atoms with van der Waals surface area (Å²) >= 11 is 3.61. The Kier molecular flexibility index (Phi) is 3.72. The molecule has 19 heavy (non-hydrogen) atoms. The lowest BCUT2D eigenvalue weighted by Gasteiger charge is -2.19. The van der Waals surface area contributed by atoms with Gasteiger partial charge < -0.3 is 14.8 Å². The molecule has 0 spiro atoms. The van der Waals surface area contributed by atoms with Crippen LogP contribution in [0.15, 0.2) is 10.5 Å². The minimum atomic E-state index is 0.332. The second kappa shape index (κ2) is 5.33. The summed E-state index contributed by atoms with van der Waals surface area (Å²) in [5.41, 5.74) is 2.69. The first-order chi connectivity index (χ1) is 9.16. The van der Waals surface area contributed by atoms with Gasteiger partial charge in [0.2, 0.25) is 6.79 Å². The molecule has 0 bridgehead atoms. The van der Waals surface area contributed by atoms with Crippen LogP contribution in [0.5, 0.6) is 11.5 Å². The number of ether oxygens (including phenoxy) is 2. The van der Waals surface area contributed by atoms with Gasteiger partial charge in [-0.2, -0.15) is 0 Å². The van der Waals surface area contributed by atoms with E-state index in [0.717, 1.165) is 28.9 Å². The highest BCUT2D eigenvalue weighted by Crippen LogP contribution is 2.46. The standard InChI is InChI=1S/C15H20BrNO2/c1-9(2)13-10(6-11-4-3-5-17-11)7-12(16)14-15(13)19-8-18-14/h7,9,11,17H,3-6,8H2,1-2H3. The van der Waals surface area contributed by atoms with E-state index in [1.807, 2.05) is 0 Å². The highest BCUT2D eigenvalue weighted by molar-refractivity contribution is 9.10. The molecular formula is C15H20BrNO2.